The Bertz CT molecular complexity index is 815. The van der Waals surface area contributed by atoms with Crippen molar-refractivity contribution in [1.29, 1.82) is 0 Å². The van der Waals surface area contributed by atoms with Gasteiger partial charge in [-0.3, -0.25) is 4.79 Å². The third kappa shape index (κ3) is 4.05. The van der Waals surface area contributed by atoms with Crippen molar-refractivity contribution in [3.8, 4) is 5.75 Å². The zero-order valence-electron chi connectivity index (χ0n) is 15.3. The monoisotopic (exact) mass is 394 g/mol. The van der Waals surface area contributed by atoms with E-state index in [1.165, 1.54) is 18.5 Å². The fraction of sp³-hybridized carbons (Fsp3) is 0.550. The quantitative estimate of drug-likeness (QED) is 0.851. The van der Waals surface area contributed by atoms with Crippen LogP contribution in [0.5, 0.6) is 5.75 Å². The largest absolute Gasteiger partial charge is 0.490 e. The number of piperidine rings is 1. The number of nitrogens with zero attached hydrogens (tertiary/aromatic N) is 1. The van der Waals surface area contributed by atoms with Gasteiger partial charge in [0.1, 0.15) is 11.9 Å². The van der Waals surface area contributed by atoms with Crippen molar-refractivity contribution in [1.82, 2.24) is 9.88 Å². The third-order valence-corrected chi connectivity index (χ3v) is 6.31. The molecule has 0 unspecified atom stereocenters. The number of halogens is 1. The van der Waals surface area contributed by atoms with Gasteiger partial charge in [0.15, 0.2) is 0 Å². The minimum Gasteiger partial charge on any atom is -0.490 e. The number of aromatic amines is 1. The summed E-state index contributed by atoms with van der Waals surface area (Å²) in [5, 5.41) is 1.16. The van der Waals surface area contributed by atoms with Crippen LogP contribution in [0.25, 0.3) is 10.9 Å². The highest BCUT2D eigenvalue weighted by molar-refractivity contribution is 7.98. The van der Waals surface area contributed by atoms with Crippen LogP contribution in [0, 0.1) is 0 Å². The van der Waals surface area contributed by atoms with Crippen LogP contribution in [0.1, 0.15) is 37.3 Å². The van der Waals surface area contributed by atoms with E-state index in [9.17, 15) is 4.79 Å². The number of hydrogen-bond donors (Lipinski definition) is 1. The summed E-state index contributed by atoms with van der Waals surface area (Å²) in [6.07, 6.45) is 4.69. The molecule has 1 saturated heterocycles. The maximum absolute atomic E-state index is 12.3. The molecule has 4 rings (SSSR count). The van der Waals surface area contributed by atoms with Crippen molar-refractivity contribution in [3.63, 3.8) is 0 Å². The maximum Gasteiger partial charge on any atom is 0.252 e. The number of pyridine rings is 1. The van der Waals surface area contributed by atoms with Gasteiger partial charge in [-0.05, 0) is 61.7 Å². The SMILES string of the molecule is CCCN1CCC(Oc2ccc3[nH]c(=O)c4c(c3c2)CCSC4)CC1.Cl. The average Bonchev–Trinajstić information content (AvgIpc) is 2.64. The van der Waals surface area contributed by atoms with Gasteiger partial charge >= 0.3 is 0 Å². The third-order valence-electron chi connectivity index (χ3n) is 5.32. The lowest BCUT2D eigenvalue weighted by atomic mass is 10.0. The number of thioether (sulfide) groups is 1. The summed E-state index contributed by atoms with van der Waals surface area (Å²) in [6, 6.07) is 6.14. The van der Waals surface area contributed by atoms with Crippen molar-refractivity contribution in [3.05, 3.63) is 39.7 Å². The summed E-state index contributed by atoms with van der Waals surface area (Å²) < 4.78 is 6.29. The highest BCUT2D eigenvalue weighted by Crippen LogP contribution is 2.30. The molecule has 2 aliphatic heterocycles. The topological polar surface area (TPSA) is 45.3 Å². The fourth-order valence-corrected chi connectivity index (χ4v) is 5.00. The predicted octanol–water partition coefficient (Wildman–Crippen LogP) is 3.99. The second-order valence-corrected chi connectivity index (χ2v) is 8.19. The van der Waals surface area contributed by atoms with Crippen molar-refractivity contribution in [2.75, 3.05) is 25.4 Å². The molecule has 142 valence electrons. The van der Waals surface area contributed by atoms with Gasteiger partial charge < -0.3 is 14.6 Å². The van der Waals surface area contributed by atoms with E-state index in [-0.39, 0.29) is 18.0 Å². The van der Waals surface area contributed by atoms with E-state index in [0.717, 1.165) is 66.1 Å². The van der Waals surface area contributed by atoms with E-state index in [0.29, 0.717) is 6.10 Å². The summed E-state index contributed by atoms with van der Waals surface area (Å²) in [4.78, 5) is 17.8. The average molecular weight is 395 g/mol. The van der Waals surface area contributed by atoms with Crippen molar-refractivity contribution in [2.24, 2.45) is 0 Å². The van der Waals surface area contributed by atoms with Crippen LogP contribution in [0.2, 0.25) is 0 Å². The number of aromatic nitrogens is 1. The Balaban J connectivity index is 0.00000196. The van der Waals surface area contributed by atoms with Crippen LogP contribution in [0.4, 0.5) is 0 Å². The van der Waals surface area contributed by atoms with Crippen LogP contribution >= 0.6 is 24.2 Å². The van der Waals surface area contributed by atoms with E-state index in [1.807, 2.05) is 23.9 Å². The first kappa shape index (κ1) is 19.6. The number of aryl methyl sites for hydroxylation is 1. The predicted molar refractivity (Wildman–Crippen MR) is 112 cm³/mol. The van der Waals surface area contributed by atoms with Gasteiger partial charge in [-0.2, -0.15) is 11.8 Å². The Morgan fingerprint density at radius 2 is 2.08 bits per heavy atom. The lowest BCUT2D eigenvalue weighted by Gasteiger charge is -2.32. The molecule has 1 aromatic carbocycles. The summed E-state index contributed by atoms with van der Waals surface area (Å²) in [6.45, 7) is 5.69. The molecule has 2 aliphatic rings. The van der Waals surface area contributed by atoms with Crippen LogP contribution in [-0.2, 0) is 12.2 Å². The van der Waals surface area contributed by atoms with E-state index >= 15 is 0 Å². The fourth-order valence-electron chi connectivity index (χ4n) is 4.00. The Morgan fingerprint density at radius 1 is 1.27 bits per heavy atom. The van der Waals surface area contributed by atoms with Gasteiger partial charge in [0.25, 0.3) is 5.56 Å². The van der Waals surface area contributed by atoms with Crippen LogP contribution in [-0.4, -0.2) is 41.4 Å². The van der Waals surface area contributed by atoms with Crippen LogP contribution < -0.4 is 10.3 Å². The van der Waals surface area contributed by atoms with E-state index in [1.54, 1.807) is 0 Å². The molecule has 0 saturated carbocycles. The maximum atomic E-state index is 12.3. The lowest BCUT2D eigenvalue weighted by Crippen LogP contribution is -2.38. The number of ether oxygens (including phenoxy) is 1. The number of nitrogens with one attached hydrogen (secondary N) is 1. The van der Waals surface area contributed by atoms with Gasteiger partial charge in [-0.15, -0.1) is 12.4 Å². The first-order valence-corrected chi connectivity index (χ1v) is 10.5. The number of benzene rings is 1. The van der Waals surface area contributed by atoms with Crippen molar-refractivity contribution >= 4 is 35.1 Å². The molecule has 1 fully saturated rings. The molecule has 3 heterocycles. The highest BCUT2D eigenvalue weighted by atomic mass is 35.5. The first-order chi connectivity index (χ1) is 12.2. The smallest absolute Gasteiger partial charge is 0.252 e. The summed E-state index contributed by atoms with van der Waals surface area (Å²) in [5.74, 6) is 2.85. The lowest BCUT2D eigenvalue weighted by molar-refractivity contribution is 0.101. The molecule has 4 nitrogen and oxygen atoms in total. The number of hydrogen-bond acceptors (Lipinski definition) is 4. The molecular formula is C20H27ClN2O2S. The number of rotatable bonds is 4. The van der Waals surface area contributed by atoms with E-state index in [4.69, 9.17) is 4.74 Å². The normalized spacial score (nSPS) is 18.3. The van der Waals surface area contributed by atoms with Gasteiger partial charge in [0, 0.05) is 35.3 Å². The molecule has 0 amide bonds. The van der Waals surface area contributed by atoms with Gasteiger partial charge in [0.05, 0.1) is 0 Å². The summed E-state index contributed by atoms with van der Waals surface area (Å²) >= 11 is 1.84. The zero-order chi connectivity index (χ0) is 17.2. The Morgan fingerprint density at radius 3 is 2.85 bits per heavy atom. The van der Waals surface area contributed by atoms with Crippen molar-refractivity contribution in [2.45, 2.75) is 44.5 Å². The number of fused-ring (bicyclic) bond motifs is 3. The minimum absolute atomic E-state index is 0. The molecular weight excluding hydrogens is 368 g/mol. The molecule has 1 aromatic heterocycles. The van der Waals surface area contributed by atoms with E-state index < -0.39 is 0 Å². The number of H-pyrrole nitrogens is 1. The molecule has 0 atom stereocenters. The molecule has 1 N–H and O–H groups in total. The van der Waals surface area contributed by atoms with Crippen LogP contribution in [0.15, 0.2) is 23.0 Å². The van der Waals surface area contributed by atoms with Gasteiger partial charge in [0.2, 0.25) is 0 Å². The molecule has 0 bridgehead atoms. The molecule has 0 spiro atoms. The zero-order valence-corrected chi connectivity index (χ0v) is 16.9. The van der Waals surface area contributed by atoms with Crippen LogP contribution in [0.3, 0.4) is 0 Å². The molecule has 0 aliphatic carbocycles. The number of likely N-dealkylation sites (tertiary alicyclic amines) is 1. The Labute approximate surface area is 165 Å². The van der Waals surface area contributed by atoms with E-state index in [2.05, 4.69) is 22.9 Å². The minimum atomic E-state index is 0. The Hall–Kier alpha value is -1.17. The summed E-state index contributed by atoms with van der Waals surface area (Å²) in [5.41, 5.74) is 3.18. The Kier molecular flexibility index (Phi) is 6.54. The molecule has 2 aromatic rings. The van der Waals surface area contributed by atoms with Gasteiger partial charge in [-0.25, -0.2) is 0 Å². The molecule has 0 radical (unpaired) electrons. The molecule has 6 heteroatoms. The second kappa shape index (κ2) is 8.68. The first-order valence-electron chi connectivity index (χ1n) is 9.39. The standard InChI is InChI=1S/C20H26N2O2S.ClH/c1-2-8-22-9-5-14(6-10-22)24-15-3-4-19-17(12-15)16-7-11-25-13-18(16)20(23)21-19;/h3-4,12,14H,2,5-11,13H2,1H3,(H,21,23);1H. The molecule has 26 heavy (non-hydrogen) atoms. The van der Waals surface area contributed by atoms with Crippen molar-refractivity contribution < 1.29 is 4.74 Å². The van der Waals surface area contributed by atoms with Gasteiger partial charge in [-0.1, -0.05) is 6.92 Å². The highest BCUT2D eigenvalue weighted by Gasteiger charge is 2.21. The summed E-state index contributed by atoms with van der Waals surface area (Å²) in [7, 11) is 0. The second-order valence-electron chi connectivity index (χ2n) is 7.08.